The van der Waals surface area contributed by atoms with E-state index in [9.17, 15) is 10.0 Å². The zero-order valence-electron chi connectivity index (χ0n) is 13.4. The van der Waals surface area contributed by atoms with E-state index in [0.29, 0.717) is 16.9 Å². The number of carbonyl (C=O) groups excluding carboxylic acids is 1. The monoisotopic (exact) mass is 340 g/mol. The molecule has 1 amide bonds. The second kappa shape index (κ2) is 6.48. The number of rotatable bonds is 5. The first-order valence-electron chi connectivity index (χ1n) is 8.39. The Bertz CT molecular complexity index is 765. The minimum Gasteiger partial charge on any atom is -0.618 e. The third-order valence-electron chi connectivity index (χ3n) is 5.17. The quantitative estimate of drug-likeness (QED) is 0.517. The summed E-state index contributed by atoms with van der Waals surface area (Å²) in [4.78, 5) is 12.1. The van der Waals surface area contributed by atoms with Gasteiger partial charge in [-0.2, -0.15) is 4.73 Å². The number of benzene rings is 1. The van der Waals surface area contributed by atoms with Gasteiger partial charge in [0, 0.05) is 18.7 Å². The third-order valence-corrected chi connectivity index (χ3v) is 6.19. The molecule has 2 aliphatic carbocycles. The molecule has 4 nitrogen and oxygen atoms in total. The van der Waals surface area contributed by atoms with Gasteiger partial charge >= 0.3 is 0 Å². The number of hydrogen-bond donors (Lipinski definition) is 1. The molecule has 1 fully saturated rings. The maximum Gasteiger partial charge on any atom is 0.251 e. The van der Waals surface area contributed by atoms with Crippen molar-refractivity contribution in [1.82, 2.24) is 5.32 Å². The molecule has 5 heteroatoms. The molecular formula is C19H20N2O2S. The van der Waals surface area contributed by atoms with Crippen LogP contribution >= 0.6 is 11.8 Å². The third kappa shape index (κ3) is 3.00. The number of nitrogens with one attached hydrogen (secondary N) is 1. The SMILES string of the molecule is O=C(CSc1cccc[n+]1[O-])NCC1C2CCc3ccccc3C21. The van der Waals surface area contributed by atoms with Gasteiger partial charge in [-0.1, -0.05) is 24.3 Å². The van der Waals surface area contributed by atoms with Crippen molar-refractivity contribution in [1.29, 1.82) is 0 Å². The Kier molecular flexibility index (Phi) is 4.19. The predicted molar refractivity (Wildman–Crippen MR) is 93.6 cm³/mol. The number of nitrogens with zero attached hydrogens (tertiary/aromatic N) is 1. The maximum atomic E-state index is 12.1. The maximum absolute atomic E-state index is 12.1. The summed E-state index contributed by atoms with van der Waals surface area (Å²) in [6.07, 6.45) is 3.85. The molecule has 2 aliphatic rings. The molecule has 3 unspecified atom stereocenters. The Morgan fingerprint density at radius 1 is 1.25 bits per heavy atom. The van der Waals surface area contributed by atoms with Crippen LogP contribution in [0.2, 0.25) is 0 Å². The summed E-state index contributed by atoms with van der Waals surface area (Å²) in [5.74, 6) is 2.21. The molecule has 124 valence electrons. The smallest absolute Gasteiger partial charge is 0.251 e. The van der Waals surface area contributed by atoms with Crippen molar-refractivity contribution in [3.8, 4) is 0 Å². The summed E-state index contributed by atoms with van der Waals surface area (Å²) >= 11 is 1.28. The van der Waals surface area contributed by atoms with Gasteiger partial charge in [0.2, 0.25) is 5.91 Å². The van der Waals surface area contributed by atoms with E-state index in [-0.39, 0.29) is 11.7 Å². The summed E-state index contributed by atoms with van der Waals surface area (Å²) in [6, 6.07) is 13.9. The van der Waals surface area contributed by atoms with Gasteiger partial charge in [0.1, 0.15) is 0 Å². The molecule has 0 spiro atoms. The molecule has 2 aromatic rings. The number of aryl methyl sites for hydroxylation is 1. The van der Waals surface area contributed by atoms with Gasteiger partial charge in [-0.15, -0.1) is 0 Å². The molecule has 4 rings (SSSR count). The standard InChI is InChI=1S/C19H20N2O2S/c22-17(12-24-18-7-3-4-10-21(18)23)20-11-16-15-9-8-13-5-1-2-6-14(13)19(15)16/h1-7,10,15-16,19H,8-9,11-12H2,(H,20,22). The van der Waals surface area contributed by atoms with Crippen LogP contribution in [-0.2, 0) is 11.2 Å². The molecule has 1 saturated carbocycles. The molecule has 0 aliphatic heterocycles. The molecule has 1 heterocycles. The van der Waals surface area contributed by atoms with Crippen LogP contribution in [0.25, 0.3) is 0 Å². The summed E-state index contributed by atoms with van der Waals surface area (Å²) < 4.78 is 0.796. The Morgan fingerprint density at radius 3 is 2.96 bits per heavy atom. The van der Waals surface area contributed by atoms with Crippen LogP contribution < -0.4 is 10.0 Å². The first-order chi connectivity index (χ1) is 11.7. The lowest BCUT2D eigenvalue weighted by Crippen LogP contribution is -2.31. The van der Waals surface area contributed by atoms with Crippen molar-refractivity contribution in [2.24, 2.45) is 11.8 Å². The van der Waals surface area contributed by atoms with Gasteiger partial charge in [0.15, 0.2) is 6.20 Å². The van der Waals surface area contributed by atoms with Crippen LogP contribution in [0.1, 0.15) is 23.5 Å². The zero-order valence-corrected chi connectivity index (χ0v) is 14.2. The first-order valence-corrected chi connectivity index (χ1v) is 9.38. The number of carbonyl (C=O) groups is 1. The van der Waals surface area contributed by atoms with E-state index < -0.39 is 0 Å². The van der Waals surface area contributed by atoms with E-state index in [1.165, 1.54) is 35.5 Å². The lowest BCUT2D eigenvalue weighted by molar-refractivity contribution is -0.645. The van der Waals surface area contributed by atoms with Gasteiger partial charge < -0.3 is 10.5 Å². The molecular weight excluding hydrogens is 320 g/mol. The molecule has 1 aromatic heterocycles. The van der Waals surface area contributed by atoms with Crippen LogP contribution in [0.15, 0.2) is 53.7 Å². The Morgan fingerprint density at radius 2 is 2.08 bits per heavy atom. The van der Waals surface area contributed by atoms with E-state index in [2.05, 4.69) is 29.6 Å². The molecule has 1 N–H and O–H groups in total. The van der Waals surface area contributed by atoms with Crippen LogP contribution in [0.3, 0.4) is 0 Å². The fraction of sp³-hybridized carbons (Fsp3) is 0.368. The largest absolute Gasteiger partial charge is 0.618 e. The van der Waals surface area contributed by atoms with E-state index in [1.807, 2.05) is 0 Å². The van der Waals surface area contributed by atoms with Crippen LogP contribution in [0, 0.1) is 17.0 Å². The summed E-state index contributed by atoms with van der Waals surface area (Å²) in [5, 5.41) is 15.2. The van der Waals surface area contributed by atoms with Crippen molar-refractivity contribution >= 4 is 17.7 Å². The fourth-order valence-electron chi connectivity index (χ4n) is 3.93. The van der Waals surface area contributed by atoms with Gasteiger partial charge in [0.05, 0.1) is 5.75 Å². The van der Waals surface area contributed by atoms with Crippen LogP contribution in [-0.4, -0.2) is 18.2 Å². The molecule has 0 radical (unpaired) electrons. The van der Waals surface area contributed by atoms with E-state index in [1.54, 1.807) is 18.2 Å². The number of thioether (sulfide) groups is 1. The molecule has 24 heavy (non-hydrogen) atoms. The molecule has 3 atom stereocenters. The van der Waals surface area contributed by atoms with Gasteiger partial charge in [-0.25, -0.2) is 0 Å². The highest BCUT2D eigenvalue weighted by Crippen LogP contribution is 2.59. The summed E-state index contributed by atoms with van der Waals surface area (Å²) in [7, 11) is 0. The van der Waals surface area contributed by atoms with E-state index >= 15 is 0 Å². The average molecular weight is 340 g/mol. The Hall–Kier alpha value is -2.01. The summed E-state index contributed by atoms with van der Waals surface area (Å²) in [5.41, 5.74) is 2.96. The number of amides is 1. The second-order valence-corrected chi connectivity index (χ2v) is 7.54. The zero-order chi connectivity index (χ0) is 16.5. The second-order valence-electron chi connectivity index (χ2n) is 6.55. The first kappa shape index (κ1) is 15.5. The van der Waals surface area contributed by atoms with Gasteiger partial charge in [0.25, 0.3) is 5.03 Å². The van der Waals surface area contributed by atoms with Crippen molar-refractivity contribution in [2.75, 3.05) is 12.3 Å². The van der Waals surface area contributed by atoms with Crippen molar-refractivity contribution in [3.05, 3.63) is 65.0 Å². The average Bonchev–Trinajstić information content (AvgIpc) is 3.33. The highest BCUT2D eigenvalue weighted by atomic mass is 32.2. The molecule has 0 bridgehead atoms. The Labute approximate surface area is 145 Å². The topological polar surface area (TPSA) is 56.0 Å². The number of fused-ring (bicyclic) bond motifs is 3. The lowest BCUT2D eigenvalue weighted by atomic mass is 9.92. The fourth-order valence-corrected chi connectivity index (χ4v) is 4.68. The van der Waals surface area contributed by atoms with E-state index in [0.717, 1.165) is 23.6 Å². The van der Waals surface area contributed by atoms with Crippen molar-refractivity contribution in [3.63, 3.8) is 0 Å². The van der Waals surface area contributed by atoms with Crippen molar-refractivity contribution in [2.45, 2.75) is 23.8 Å². The number of aromatic nitrogens is 1. The van der Waals surface area contributed by atoms with E-state index in [4.69, 9.17) is 0 Å². The predicted octanol–water partition coefficient (Wildman–Crippen LogP) is 2.50. The lowest BCUT2D eigenvalue weighted by Gasteiger charge is -2.13. The normalized spacial score (nSPS) is 23.9. The highest BCUT2D eigenvalue weighted by Gasteiger charge is 2.52. The highest BCUT2D eigenvalue weighted by molar-refractivity contribution is 7.99. The van der Waals surface area contributed by atoms with Crippen molar-refractivity contribution < 1.29 is 9.52 Å². The molecule has 1 aromatic carbocycles. The Balaban J connectivity index is 1.28. The number of pyridine rings is 1. The summed E-state index contributed by atoms with van der Waals surface area (Å²) in [6.45, 7) is 0.745. The van der Waals surface area contributed by atoms with Gasteiger partial charge in [-0.3, -0.25) is 4.79 Å². The number of hydrogen-bond acceptors (Lipinski definition) is 3. The molecule has 0 saturated heterocycles. The van der Waals surface area contributed by atoms with Crippen LogP contribution in [0.5, 0.6) is 0 Å². The minimum atomic E-state index is 0.000727. The van der Waals surface area contributed by atoms with Gasteiger partial charge in [-0.05, 0) is 59.6 Å². The minimum absolute atomic E-state index is 0.000727. The van der Waals surface area contributed by atoms with Crippen LogP contribution in [0.4, 0.5) is 0 Å².